The number of nitrogens with one attached hydrogen (secondary N) is 2. The SMILES string of the molecule is O=C(NCc1nnnn1C1CC1)NC1(c2cccc(C(F)(F)F)c2)CCCCC1. The fourth-order valence-corrected chi connectivity index (χ4v) is 3.99. The van der Waals surface area contributed by atoms with Crippen LogP contribution in [0.5, 0.6) is 0 Å². The zero-order valence-corrected chi connectivity index (χ0v) is 15.9. The van der Waals surface area contributed by atoms with Gasteiger partial charge in [0.15, 0.2) is 5.82 Å². The molecule has 0 radical (unpaired) electrons. The Kier molecular flexibility index (Phi) is 5.18. The molecule has 0 atom stereocenters. The van der Waals surface area contributed by atoms with Crippen LogP contribution in [0.3, 0.4) is 0 Å². The minimum Gasteiger partial charge on any atom is -0.331 e. The van der Waals surface area contributed by atoms with Crippen LogP contribution in [0.1, 0.15) is 67.9 Å². The number of aromatic nitrogens is 4. The van der Waals surface area contributed by atoms with E-state index in [1.165, 1.54) is 6.07 Å². The maximum Gasteiger partial charge on any atom is 0.416 e. The van der Waals surface area contributed by atoms with Gasteiger partial charge < -0.3 is 10.6 Å². The summed E-state index contributed by atoms with van der Waals surface area (Å²) in [7, 11) is 0. The summed E-state index contributed by atoms with van der Waals surface area (Å²) >= 11 is 0. The highest BCUT2D eigenvalue weighted by atomic mass is 19.4. The molecule has 2 fully saturated rings. The van der Waals surface area contributed by atoms with Gasteiger partial charge in [-0.1, -0.05) is 31.4 Å². The van der Waals surface area contributed by atoms with E-state index in [0.29, 0.717) is 30.3 Å². The number of benzene rings is 1. The summed E-state index contributed by atoms with van der Waals surface area (Å²) in [6.45, 7) is 0.161. The Morgan fingerprint density at radius 3 is 2.66 bits per heavy atom. The van der Waals surface area contributed by atoms with Crippen molar-refractivity contribution in [3.8, 4) is 0 Å². The van der Waals surface area contributed by atoms with Crippen molar-refractivity contribution >= 4 is 6.03 Å². The van der Waals surface area contributed by atoms with Gasteiger partial charge in [0, 0.05) is 0 Å². The van der Waals surface area contributed by atoms with Crippen molar-refractivity contribution in [1.29, 1.82) is 0 Å². The molecule has 156 valence electrons. The Hall–Kier alpha value is -2.65. The number of carbonyl (C=O) groups is 1. The normalized spacial score (nSPS) is 19.0. The molecule has 2 amide bonds. The molecule has 2 saturated carbocycles. The molecule has 1 aromatic heterocycles. The van der Waals surface area contributed by atoms with Gasteiger partial charge in [0.2, 0.25) is 0 Å². The van der Waals surface area contributed by atoms with Gasteiger partial charge in [-0.05, 0) is 53.8 Å². The third-order valence-electron chi connectivity index (χ3n) is 5.66. The quantitative estimate of drug-likeness (QED) is 0.790. The first kappa shape index (κ1) is 19.7. The summed E-state index contributed by atoms with van der Waals surface area (Å²) in [4.78, 5) is 12.6. The minimum absolute atomic E-state index is 0.161. The number of hydrogen-bond donors (Lipinski definition) is 2. The predicted octanol–water partition coefficient (Wildman–Crippen LogP) is 3.69. The molecule has 1 aromatic carbocycles. The summed E-state index contributed by atoms with van der Waals surface area (Å²) in [6, 6.07) is 5.12. The number of hydrogen-bond acceptors (Lipinski definition) is 4. The molecule has 29 heavy (non-hydrogen) atoms. The number of carbonyl (C=O) groups excluding carboxylic acids is 1. The van der Waals surface area contributed by atoms with Crippen molar-refractivity contribution in [1.82, 2.24) is 30.8 Å². The fourth-order valence-electron chi connectivity index (χ4n) is 3.99. The molecule has 0 bridgehead atoms. The first-order chi connectivity index (χ1) is 13.9. The second kappa shape index (κ2) is 7.64. The smallest absolute Gasteiger partial charge is 0.331 e. The lowest BCUT2D eigenvalue weighted by atomic mass is 9.76. The van der Waals surface area contributed by atoms with E-state index in [2.05, 4.69) is 26.2 Å². The van der Waals surface area contributed by atoms with Crippen molar-refractivity contribution in [3.63, 3.8) is 0 Å². The highest BCUT2D eigenvalue weighted by Crippen LogP contribution is 2.39. The lowest BCUT2D eigenvalue weighted by Gasteiger charge is -2.39. The summed E-state index contributed by atoms with van der Waals surface area (Å²) in [5, 5.41) is 17.3. The van der Waals surface area contributed by atoms with E-state index in [0.717, 1.165) is 44.2 Å². The van der Waals surface area contributed by atoms with Crippen LogP contribution in [0, 0.1) is 0 Å². The van der Waals surface area contributed by atoms with Crippen LogP contribution in [0.15, 0.2) is 24.3 Å². The molecule has 7 nitrogen and oxygen atoms in total. The first-order valence-electron chi connectivity index (χ1n) is 9.88. The maximum atomic E-state index is 13.2. The standard InChI is InChI=1S/C19H23F3N6O/c20-19(21,22)14-6-4-5-13(11-14)18(9-2-1-3-10-18)24-17(29)23-12-16-25-26-27-28(16)15-7-8-15/h4-6,11,15H,1-3,7-10,12H2,(H2,23,24,29). The third-order valence-corrected chi connectivity index (χ3v) is 5.66. The van der Waals surface area contributed by atoms with Crippen LogP contribution < -0.4 is 10.6 Å². The summed E-state index contributed by atoms with van der Waals surface area (Å²) in [6.07, 6.45) is 1.50. The van der Waals surface area contributed by atoms with Gasteiger partial charge in [-0.3, -0.25) is 0 Å². The molecule has 0 saturated heterocycles. The van der Waals surface area contributed by atoms with Crippen molar-refractivity contribution < 1.29 is 18.0 Å². The number of amides is 2. The van der Waals surface area contributed by atoms with Gasteiger partial charge >= 0.3 is 12.2 Å². The molecule has 2 aliphatic carbocycles. The Bertz CT molecular complexity index is 871. The average Bonchev–Trinajstić information content (AvgIpc) is 3.44. The highest BCUT2D eigenvalue weighted by Gasteiger charge is 2.38. The first-order valence-corrected chi connectivity index (χ1v) is 9.88. The van der Waals surface area contributed by atoms with Crippen LogP contribution in [0.4, 0.5) is 18.0 Å². The van der Waals surface area contributed by atoms with Crippen LogP contribution in [0.2, 0.25) is 0 Å². The van der Waals surface area contributed by atoms with Crippen molar-refractivity contribution in [2.75, 3.05) is 0 Å². The topological polar surface area (TPSA) is 84.7 Å². The lowest BCUT2D eigenvalue weighted by Crippen LogP contribution is -2.51. The number of rotatable bonds is 5. The highest BCUT2D eigenvalue weighted by molar-refractivity contribution is 5.75. The maximum absolute atomic E-state index is 13.2. The number of alkyl halides is 3. The van der Waals surface area contributed by atoms with Gasteiger partial charge in [0.05, 0.1) is 23.7 Å². The Labute approximate surface area is 166 Å². The second-order valence-corrected chi connectivity index (χ2v) is 7.80. The molecule has 4 rings (SSSR count). The molecule has 1 heterocycles. The van der Waals surface area contributed by atoms with Gasteiger partial charge in [0.25, 0.3) is 0 Å². The molecule has 0 spiro atoms. The monoisotopic (exact) mass is 408 g/mol. The van der Waals surface area contributed by atoms with E-state index in [1.54, 1.807) is 10.7 Å². The van der Waals surface area contributed by atoms with E-state index in [1.807, 2.05) is 0 Å². The summed E-state index contributed by atoms with van der Waals surface area (Å²) in [5.74, 6) is 0.569. The van der Waals surface area contributed by atoms with Crippen LogP contribution in [-0.4, -0.2) is 26.2 Å². The Morgan fingerprint density at radius 1 is 1.21 bits per heavy atom. The van der Waals surface area contributed by atoms with Crippen molar-refractivity contribution in [2.45, 2.75) is 69.2 Å². The molecule has 2 aliphatic rings. The van der Waals surface area contributed by atoms with Crippen molar-refractivity contribution in [3.05, 3.63) is 41.2 Å². The van der Waals surface area contributed by atoms with Crippen LogP contribution in [-0.2, 0) is 18.3 Å². The van der Waals surface area contributed by atoms with Crippen LogP contribution in [0.25, 0.3) is 0 Å². The summed E-state index contributed by atoms with van der Waals surface area (Å²) < 4.78 is 41.3. The molecule has 2 N–H and O–H groups in total. The lowest BCUT2D eigenvalue weighted by molar-refractivity contribution is -0.137. The van der Waals surface area contributed by atoms with E-state index >= 15 is 0 Å². The Balaban J connectivity index is 1.49. The van der Waals surface area contributed by atoms with Gasteiger partial charge in [-0.25, -0.2) is 9.48 Å². The molecular weight excluding hydrogens is 385 g/mol. The van der Waals surface area contributed by atoms with E-state index in [4.69, 9.17) is 0 Å². The average molecular weight is 408 g/mol. The van der Waals surface area contributed by atoms with Crippen molar-refractivity contribution in [2.24, 2.45) is 0 Å². The Morgan fingerprint density at radius 2 is 1.97 bits per heavy atom. The minimum atomic E-state index is -4.42. The van der Waals surface area contributed by atoms with Gasteiger partial charge in [-0.15, -0.1) is 5.10 Å². The molecular formula is C19H23F3N6O. The fraction of sp³-hybridized carbons (Fsp3) is 0.579. The second-order valence-electron chi connectivity index (χ2n) is 7.80. The zero-order valence-electron chi connectivity index (χ0n) is 15.9. The number of halogens is 3. The molecule has 0 aliphatic heterocycles. The van der Waals surface area contributed by atoms with Crippen LogP contribution >= 0.6 is 0 Å². The van der Waals surface area contributed by atoms with E-state index in [-0.39, 0.29) is 6.54 Å². The molecule has 0 unspecified atom stereocenters. The number of tetrazole rings is 1. The third kappa shape index (κ3) is 4.35. The van der Waals surface area contributed by atoms with E-state index in [9.17, 15) is 18.0 Å². The van der Waals surface area contributed by atoms with Gasteiger partial charge in [-0.2, -0.15) is 13.2 Å². The predicted molar refractivity (Wildman–Crippen MR) is 97.7 cm³/mol. The van der Waals surface area contributed by atoms with E-state index < -0.39 is 23.3 Å². The molecule has 2 aromatic rings. The number of nitrogens with zero attached hydrogens (tertiary/aromatic N) is 4. The zero-order chi connectivity index (χ0) is 20.5. The summed E-state index contributed by atoms with van der Waals surface area (Å²) in [5.41, 5.74) is -1.03. The largest absolute Gasteiger partial charge is 0.416 e. The molecule has 10 heteroatoms. The number of urea groups is 1. The van der Waals surface area contributed by atoms with Gasteiger partial charge in [0.1, 0.15) is 0 Å².